The number of benzene rings is 1. The highest BCUT2D eigenvalue weighted by atomic mass is 16.5. The van der Waals surface area contributed by atoms with Gasteiger partial charge in [0, 0.05) is 12.3 Å². The fourth-order valence-corrected chi connectivity index (χ4v) is 2.08. The number of amides is 1. The van der Waals surface area contributed by atoms with Crippen molar-refractivity contribution in [3.63, 3.8) is 0 Å². The summed E-state index contributed by atoms with van der Waals surface area (Å²) >= 11 is 0. The van der Waals surface area contributed by atoms with E-state index in [1.165, 1.54) is 0 Å². The average molecular weight is 221 g/mol. The van der Waals surface area contributed by atoms with Crippen molar-refractivity contribution in [2.45, 2.75) is 19.3 Å². The molecule has 16 heavy (non-hydrogen) atoms. The quantitative estimate of drug-likeness (QED) is 0.794. The van der Waals surface area contributed by atoms with Crippen LogP contribution >= 0.6 is 0 Å². The average Bonchev–Trinajstić information content (AvgIpc) is 2.27. The van der Waals surface area contributed by atoms with Crippen molar-refractivity contribution >= 4 is 11.6 Å². The number of methoxy groups -OCH3 is 1. The van der Waals surface area contributed by atoms with Crippen LogP contribution in [0.5, 0.6) is 5.75 Å². The first-order valence-electron chi connectivity index (χ1n) is 5.25. The lowest BCUT2D eigenvalue weighted by Gasteiger charge is -2.26. The molecule has 0 radical (unpaired) electrons. The van der Waals surface area contributed by atoms with Crippen molar-refractivity contribution in [2.75, 3.05) is 19.0 Å². The van der Waals surface area contributed by atoms with Gasteiger partial charge in [-0.2, -0.15) is 0 Å². The second-order valence-corrected chi connectivity index (χ2v) is 4.06. The monoisotopic (exact) mass is 221 g/mol. The highest BCUT2D eigenvalue weighted by Crippen LogP contribution is 2.39. The van der Waals surface area contributed by atoms with Crippen molar-refractivity contribution in [1.82, 2.24) is 0 Å². The highest BCUT2D eigenvalue weighted by molar-refractivity contribution is 5.96. The Labute approximate surface area is 94.2 Å². The molecule has 0 aromatic heterocycles. The largest absolute Gasteiger partial charge is 0.495 e. The summed E-state index contributed by atoms with van der Waals surface area (Å²) < 4.78 is 5.24. The molecule has 1 aliphatic rings. The first-order valence-corrected chi connectivity index (χ1v) is 5.25. The van der Waals surface area contributed by atoms with Gasteiger partial charge in [0.2, 0.25) is 5.91 Å². The number of aryl methyl sites for hydroxylation is 1. The molecule has 86 valence electrons. The van der Waals surface area contributed by atoms with Gasteiger partial charge in [0.05, 0.1) is 19.4 Å². The van der Waals surface area contributed by atoms with Crippen LogP contribution in [-0.4, -0.2) is 24.7 Å². The molecule has 1 aliphatic heterocycles. The van der Waals surface area contributed by atoms with Crippen LogP contribution < -0.4 is 10.1 Å². The smallest absolute Gasteiger partial charge is 0.225 e. The third kappa shape index (κ3) is 1.76. The Bertz CT molecular complexity index is 429. The zero-order valence-electron chi connectivity index (χ0n) is 9.41. The van der Waals surface area contributed by atoms with Crippen molar-refractivity contribution < 1.29 is 14.6 Å². The summed E-state index contributed by atoms with van der Waals surface area (Å²) in [5.41, 5.74) is 2.72. The molecule has 4 heteroatoms. The second-order valence-electron chi connectivity index (χ2n) is 4.06. The summed E-state index contributed by atoms with van der Waals surface area (Å²) in [7, 11) is 1.57. The van der Waals surface area contributed by atoms with Crippen LogP contribution in [0.3, 0.4) is 0 Å². The van der Waals surface area contributed by atoms with E-state index in [1.54, 1.807) is 7.11 Å². The summed E-state index contributed by atoms with van der Waals surface area (Å²) in [5.74, 6) is 0.452. The van der Waals surface area contributed by atoms with E-state index < -0.39 is 0 Å². The predicted octanol–water partition coefficient (Wildman–Crippen LogP) is 1.42. The Hall–Kier alpha value is -1.55. The number of fused-ring (bicyclic) bond motifs is 1. The number of carbonyl (C=O) groups is 1. The minimum Gasteiger partial charge on any atom is -0.495 e. The van der Waals surface area contributed by atoms with E-state index in [0.29, 0.717) is 17.9 Å². The van der Waals surface area contributed by atoms with Gasteiger partial charge in [0.15, 0.2) is 0 Å². The second kappa shape index (κ2) is 4.14. The van der Waals surface area contributed by atoms with E-state index in [2.05, 4.69) is 5.32 Å². The van der Waals surface area contributed by atoms with Gasteiger partial charge in [-0.3, -0.25) is 4.79 Å². The van der Waals surface area contributed by atoms with Crippen LogP contribution in [0.4, 0.5) is 5.69 Å². The normalized spacial score (nSPS) is 18.9. The maximum absolute atomic E-state index is 11.5. The molecule has 0 spiro atoms. The van der Waals surface area contributed by atoms with E-state index in [-0.39, 0.29) is 18.4 Å². The summed E-state index contributed by atoms with van der Waals surface area (Å²) in [6.07, 6.45) is 0.329. The standard InChI is InChI=1S/C12H15NO3/c1-7-3-9-8(6-14)5-11(15)13-12(9)10(4-7)16-2/h3-4,8,14H,5-6H2,1-2H3,(H,13,15). The molecule has 1 aromatic carbocycles. The molecular formula is C12H15NO3. The van der Waals surface area contributed by atoms with Crippen LogP contribution in [0.25, 0.3) is 0 Å². The Morgan fingerprint density at radius 3 is 2.94 bits per heavy atom. The fourth-order valence-electron chi connectivity index (χ4n) is 2.08. The first-order chi connectivity index (χ1) is 7.65. The Morgan fingerprint density at radius 1 is 1.56 bits per heavy atom. The molecule has 2 rings (SSSR count). The molecule has 1 aromatic rings. The van der Waals surface area contributed by atoms with Gasteiger partial charge in [0.1, 0.15) is 5.75 Å². The maximum Gasteiger partial charge on any atom is 0.225 e. The minimum atomic E-state index is -0.127. The third-order valence-corrected chi connectivity index (χ3v) is 2.85. The van der Waals surface area contributed by atoms with Gasteiger partial charge in [0.25, 0.3) is 0 Å². The van der Waals surface area contributed by atoms with E-state index in [1.807, 2.05) is 19.1 Å². The lowest BCUT2D eigenvalue weighted by Crippen LogP contribution is -2.25. The lowest BCUT2D eigenvalue weighted by molar-refractivity contribution is -0.117. The summed E-state index contributed by atoms with van der Waals surface area (Å²) in [4.78, 5) is 11.5. The highest BCUT2D eigenvalue weighted by Gasteiger charge is 2.27. The number of carbonyl (C=O) groups excluding carboxylic acids is 1. The lowest BCUT2D eigenvalue weighted by atomic mass is 9.89. The fraction of sp³-hybridized carbons (Fsp3) is 0.417. The molecule has 2 N–H and O–H groups in total. The van der Waals surface area contributed by atoms with Crippen LogP contribution in [0.2, 0.25) is 0 Å². The molecular weight excluding hydrogens is 206 g/mol. The zero-order chi connectivity index (χ0) is 11.7. The van der Waals surface area contributed by atoms with Crippen molar-refractivity contribution in [3.8, 4) is 5.75 Å². The van der Waals surface area contributed by atoms with Crippen molar-refractivity contribution in [1.29, 1.82) is 0 Å². The number of aliphatic hydroxyl groups excluding tert-OH is 1. The molecule has 0 saturated heterocycles. The van der Waals surface area contributed by atoms with Gasteiger partial charge >= 0.3 is 0 Å². The molecule has 0 fully saturated rings. The number of rotatable bonds is 2. The number of anilines is 1. The Kier molecular flexibility index (Phi) is 2.83. The van der Waals surface area contributed by atoms with Gasteiger partial charge < -0.3 is 15.2 Å². The molecule has 1 heterocycles. The van der Waals surface area contributed by atoms with Crippen LogP contribution in [-0.2, 0) is 4.79 Å². The minimum absolute atomic E-state index is 0.0208. The third-order valence-electron chi connectivity index (χ3n) is 2.85. The maximum atomic E-state index is 11.5. The molecule has 0 saturated carbocycles. The summed E-state index contributed by atoms with van der Waals surface area (Å²) in [6, 6.07) is 3.86. The number of hydrogen-bond donors (Lipinski definition) is 2. The summed E-state index contributed by atoms with van der Waals surface area (Å²) in [6.45, 7) is 1.95. The predicted molar refractivity (Wildman–Crippen MR) is 60.8 cm³/mol. The molecule has 1 atom stereocenters. The van der Waals surface area contributed by atoms with Gasteiger partial charge in [-0.15, -0.1) is 0 Å². The van der Waals surface area contributed by atoms with Crippen LogP contribution in [0, 0.1) is 6.92 Å². The van der Waals surface area contributed by atoms with Crippen molar-refractivity contribution in [2.24, 2.45) is 0 Å². The Balaban J connectivity index is 2.56. The van der Waals surface area contributed by atoms with E-state index in [0.717, 1.165) is 11.1 Å². The van der Waals surface area contributed by atoms with E-state index in [9.17, 15) is 9.90 Å². The zero-order valence-corrected chi connectivity index (χ0v) is 9.41. The molecule has 4 nitrogen and oxygen atoms in total. The number of aliphatic hydroxyl groups is 1. The molecule has 0 aliphatic carbocycles. The Morgan fingerprint density at radius 2 is 2.31 bits per heavy atom. The molecule has 0 bridgehead atoms. The van der Waals surface area contributed by atoms with Crippen molar-refractivity contribution in [3.05, 3.63) is 23.3 Å². The number of hydrogen-bond acceptors (Lipinski definition) is 3. The van der Waals surface area contributed by atoms with Gasteiger partial charge in [-0.25, -0.2) is 0 Å². The first kappa shape index (κ1) is 11.0. The molecule has 1 unspecified atom stereocenters. The number of ether oxygens (including phenoxy) is 1. The molecule has 1 amide bonds. The van der Waals surface area contributed by atoms with E-state index in [4.69, 9.17) is 4.74 Å². The van der Waals surface area contributed by atoms with E-state index >= 15 is 0 Å². The summed E-state index contributed by atoms with van der Waals surface area (Å²) in [5, 5.41) is 12.1. The van der Waals surface area contributed by atoms with Gasteiger partial charge in [-0.1, -0.05) is 6.07 Å². The number of nitrogens with one attached hydrogen (secondary N) is 1. The topological polar surface area (TPSA) is 58.6 Å². The van der Waals surface area contributed by atoms with Crippen LogP contribution in [0.1, 0.15) is 23.5 Å². The SMILES string of the molecule is COc1cc(C)cc2c1NC(=O)CC2CO. The van der Waals surface area contributed by atoms with Gasteiger partial charge in [-0.05, 0) is 24.1 Å². The van der Waals surface area contributed by atoms with Crippen LogP contribution in [0.15, 0.2) is 12.1 Å².